The summed E-state index contributed by atoms with van der Waals surface area (Å²) in [7, 11) is 1.87. The van der Waals surface area contributed by atoms with Crippen molar-refractivity contribution in [2.75, 3.05) is 40.0 Å². The fourth-order valence-corrected chi connectivity index (χ4v) is 2.21. The normalized spacial score (nSPS) is 9.46. The molecule has 1 unspecified atom stereocenters. The number of aliphatic hydroxyl groups is 4. The van der Waals surface area contributed by atoms with E-state index in [1.165, 1.54) is 12.8 Å². The molecule has 0 aromatic carbocycles. The maximum atomic E-state index is 8.51. The van der Waals surface area contributed by atoms with E-state index in [0.717, 1.165) is 57.9 Å². The summed E-state index contributed by atoms with van der Waals surface area (Å²) in [6.45, 7) is 3.91. The van der Waals surface area contributed by atoms with Crippen LogP contribution in [0.3, 0.4) is 0 Å². The molecule has 8 nitrogen and oxygen atoms in total. The Hall–Kier alpha value is -2.09. The highest BCUT2D eigenvalue weighted by Gasteiger charge is 2.02. The minimum atomic E-state index is 0. The highest BCUT2D eigenvalue weighted by Crippen LogP contribution is 2.08. The average molecular weight is 501 g/mol. The summed E-state index contributed by atoms with van der Waals surface area (Å²) >= 11 is 0. The van der Waals surface area contributed by atoms with Gasteiger partial charge in [0.1, 0.15) is 6.11 Å². The summed E-state index contributed by atoms with van der Waals surface area (Å²) in [5.41, 5.74) is 0. The van der Waals surface area contributed by atoms with Gasteiger partial charge in [-0.3, -0.25) is 5.41 Å². The molecule has 0 saturated heterocycles. The van der Waals surface area contributed by atoms with Gasteiger partial charge in [-0.1, -0.05) is 32.6 Å². The van der Waals surface area contributed by atoms with Crippen LogP contribution in [-0.4, -0.2) is 71.8 Å². The molecule has 0 aromatic rings. The molecule has 35 heavy (non-hydrogen) atoms. The first-order valence-electron chi connectivity index (χ1n) is 12.2. The third kappa shape index (κ3) is 54.4. The molecule has 0 aromatic heterocycles. The predicted octanol–water partition coefficient (Wildman–Crippen LogP) is 2.48. The predicted molar refractivity (Wildman–Crippen MR) is 146 cm³/mol. The van der Waals surface area contributed by atoms with Gasteiger partial charge >= 0.3 is 0 Å². The lowest BCUT2D eigenvalue weighted by atomic mass is 10.0. The number of terminal acetylenes is 3. The van der Waals surface area contributed by atoms with Crippen molar-refractivity contribution in [2.24, 2.45) is 5.92 Å². The number of hydrogen-bond acceptors (Lipinski definition) is 7. The summed E-state index contributed by atoms with van der Waals surface area (Å²) in [6, 6.07) is 0. The van der Waals surface area contributed by atoms with Crippen LogP contribution in [0.15, 0.2) is 0 Å². The largest absolute Gasteiger partial charge is 0.412 e. The summed E-state index contributed by atoms with van der Waals surface area (Å²) in [5.74, 6) is 5.44. The second-order valence-corrected chi connectivity index (χ2v) is 7.26. The lowest BCUT2D eigenvalue weighted by Gasteiger charge is -2.05. The van der Waals surface area contributed by atoms with Crippen LogP contribution < -0.4 is 5.32 Å². The van der Waals surface area contributed by atoms with Gasteiger partial charge in [-0.2, -0.15) is 0 Å². The van der Waals surface area contributed by atoms with Gasteiger partial charge in [-0.25, -0.2) is 0 Å². The standard InChI is InChI=1S/C8H14O2.C7H12N2O.C6H14O2.C6H10.H2O/c1-2-8(5-7-10)4-3-6-9;1-3-10-7(8)5-4-6-9-2;7-5-3-1-2-4-6-8;1-3-5-6-4-2;/h1,8-10H,3-7H2;1,8-9H,4-6H2,2H3;7-8H,1-6H2;1H,4-6H2,2H3;1H2. The molecule has 0 fully saturated rings. The summed E-state index contributed by atoms with van der Waals surface area (Å²) in [6.07, 6.45) is 27.7. The van der Waals surface area contributed by atoms with Gasteiger partial charge in [0, 0.05) is 45.2 Å². The Kier molecular flexibility index (Phi) is 55.8. The second kappa shape index (κ2) is 45.4. The Morgan fingerprint density at radius 1 is 0.857 bits per heavy atom. The Morgan fingerprint density at radius 2 is 1.43 bits per heavy atom. The van der Waals surface area contributed by atoms with E-state index in [1.54, 1.807) is 0 Å². The Labute approximate surface area is 214 Å². The molecular weight excluding hydrogens is 448 g/mol. The molecule has 8 N–H and O–H groups in total. The third-order valence-corrected chi connectivity index (χ3v) is 4.18. The molecule has 0 heterocycles. The number of aliphatic hydroxyl groups excluding tert-OH is 4. The monoisotopic (exact) mass is 500 g/mol. The molecule has 0 saturated carbocycles. The average Bonchev–Trinajstić information content (AvgIpc) is 2.85. The van der Waals surface area contributed by atoms with Crippen LogP contribution in [0, 0.1) is 48.5 Å². The number of nitrogens with one attached hydrogen (secondary N) is 2. The maximum absolute atomic E-state index is 8.51. The first-order chi connectivity index (χ1) is 16.5. The van der Waals surface area contributed by atoms with E-state index in [-0.39, 0.29) is 43.7 Å². The zero-order chi connectivity index (χ0) is 26.7. The molecule has 0 aliphatic heterocycles. The molecule has 0 rings (SSSR count). The molecule has 206 valence electrons. The van der Waals surface area contributed by atoms with Crippen molar-refractivity contribution in [1.29, 1.82) is 5.41 Å². The summed E-state index contributed by atoms with van der Waals surface area (Å²) in [5, 5.41) is 43.6. The Bertz CT molecular complexity index is 503. The first-order valence-corrected chi connectivity index (χ1v) is 12.2. The van der Waals surface area contributed by atoms with Crippen molar-refractivity contribution >= 4 is 5.90 Å². The second-order valence-electron chi connectivity index (χ2n) is 7.26. The van der Waals surface area contributed by atoms with Gasteiger partial charge in [0.25, 0.3) is 0 Å². The third-order valence-electron chi connectivity index (χ3n) is 4.18. The van der Waals surface area contributed by atoms with Gasteiger partial charge in [0.2, 0.25) is 0 Å². The molecular formula is C27H52N2O6. The van der Waals surface area contributed by atoms with E-state index in [9.17, 15) is 0 Å². The fourth-order valence-electron chi connectivity index (χ4n) is 2.21. The topological polar surface area (TPSA) is 158 Å². The smallest absolute Gasteiger partial charge is 0.199 e. The summed E-state index contributed by atoms with van der Waals surface area (Å²) in [4.78, 5) is 0. The quantitative estimate of drug-likeness (QED) is 0.0827. The molecule has 0 amide bonds. The molecule has 0 bridgehead atoms. The van der Waals surface area contributed by atoms with Gasteiger partial charge in [0.15, 0.2) is 5.90 Å². The molecule has 0 aliphatic rings. The zero-order valence-electron chi connectivity index (χ0n) is 22.0. The Morgan fingerprint density at radius 3 is 1.77 bits per heavy atom. The number of hydrogen-bond donors (Lipinski definition) is 6. The van der Waals surface area contributed by atoms with Crippen LogP contribution >= 0.6 is 0 Å². The minimum absolute atomic E-state index is 0. The van der Waals surface area contributed by atoms with E-state index >= 15 is 0 Å². The van der Waals surface area contributed by atoms with Crippen molar-refractivity contribution < 1.29 is 30.6 Å². The maximum Gasteiger partial charge on any atom is 0.199 e. The highest BCUT2D eigenvalue weighted by atomic mass is 16.5. The lowest BCUT2D eigenvalue weighted by Crippen LogP contribution is -2.09. The van der Waals surface area contributed by atoms with Crippen molar-refractivity contribution in [3.05, 3.63) is 0 Å². The molecule has 0 aliphatic carbocycles. The first kappa shape index (κ1) is 43.0. The summed E-state index contributed by atoms with van der Waals surface area (Å²) < 4.78 is 4.47. The number of unbranched alkanes of at least 4 members (excludes halogenated alkanes) is 5. The van der Waals surface area contributed by atoms with Crippen LogP contribution in [0.5, 0.6) is 0 Å². The van der Waals surface area contributed by atoms with E-state index < -0.39 is 0 Å². The van der Waals surface area contributed by atoms with Gasteiger partial charge in [-0.15, -0.1) is 24.7 Å². The SMILES string of the molecule is C#CC(CCO)CCCO.C#CCCCC.C#COC(=N)CCCNC.O.OCCCCCCO. The van der Waals surface area contributed by atoms with Crippen molar-refractivity contribution in [1.82, 2.24) is 5.32 Å². The zero-order valence-corrected chi connectivity index (χ0v) is 22.0. The molecule has 8 heteroatoms. The fraction of sp³-hybridized carbons (Fsp3) is 0.741. The van der Waals surface area contributed by atoms with Crippen molar-refractivity contribution in [3.63, 3.8) is 0 Å². The van der Waals surface area contributed by atoms with Crippen LogP contribution in [0.1, 0.15) is 84.0 Å². The van der Waals surface area contributed by atoms with E-state index in [4.69, 9.17) is 45.1 Å². The van der Waals surface area contributed by atoms with Gasteiger partial charge < -0.3 is 36.0 Å². The lowest BCUT2D eigenvalue weighted by molar-refractivity contribution is 0.250. The molecule has 0 radical (unpaired) electrons. The van der Waals surface area contributed by atoms with E-state index in [1.807, 2.05) is 13.2 Å². The molecule has 0 spiro atoms. The van der Waals surface area contributed by atoms with Gasteiger partial charge in [0.05, 0.1) is 0 Å². The van der Waals surface area contributed by atoms with E-state index in [2.05, 4.69) is 28.8 Å². The minimum Gasteiger partial charge on any atom is -0.412 e. The van der Waals surface area contributed by atoms with Crippen molar-refractivity contribution in [2.45, 2.75) is 84.0 Å². The van der Waals surface area contributed by atoms with E-state index in [0.29, 0.717) is 12.8 Å². The van der Waals surface area contributed by atoms with Crippen LogP contribution in [0.2, 0.25) is 0 Å². The molecule has 1 atom stereocenters. The van der Waals surface area contributed by atoms with Crippen molar-refractivity contribution in [3.8, 4) is 37.2 Å². The van der Waals surface area contributed by atoms with Crippen LogP contribution in [0.25, 0.3) is 0 Å². The number of ether oxygens (including phenoxy) is 1. The van der Waals surface area contributed by atoms with Crippen LogP contribution in [0.4, 0.5) is 0 Å². The van der Waals surface area contributed by atoms with Gasteiger partial charge in [-0.05, 0) is 58.5 Å². The Balaban J connectivity index is -0.000000115. The van der Waals surface area contributed by atoms with Crippen LogP contribution in [-0.2, 0) is 4.74 Å². The highest BCUT2D eigenvalue weighted by molar-refractivity contribution is 5.73. The number of rotatable bonds is 16.